The Morgan fingerprint density at radius 2 is 1.68 bits per heavy atom. The minimum atomic E-state index is -0.338. The Hall–Kier alpha value is -0.570. The van der Waals surface area contributed by atoms with Crippen LogP contribution in [0.2, 0.25) is 0 Å². The Kier molecular flexibility index (Phi) is 3.38. The molecule has 1 heterocycles. The molecule has 0 spiro atoms. The van der Waals surface area contributed by atoms with Crippen molar-refractivity contribution >= 4 is 5.91 Å². The van der Waals surface area contributed by atoms with Crippen LogP contribution in [0, 0.1) is 23.2 Å². The van der Waals surface area contributed by atoms with Gasteiger partial charge in [-0.3, -0.25) is 9.69 Å². The first-order chi connectivity index (χ1) is 10.4. The topological polar surface area (TPSA) is 32.3 Å². The number of nitrogens with one attached hydrogen (secondary N) is 1. The van der Waals surface area contributed by atoms with Gasteiger partial charge in [-0.1, -0.05) is 6.92 Å². The van der Waals surface area contributed by atoms with E-state index in [0.29, 0.717) is 11.5 Å². The highest BCUT2D eigenvalue weighted by Crippen LogP contribution is 2.59. The maximum Gasteiger partial charge on any atom is 0.240 e. The number of carbonyl (C=O) groups excluding carboxylic acids is 1. The number of hydrogen-bond acceptors (Lipinski definition) is 2. The van der Waals surface area contributed by atoms with E-state index in [4.69, 9.17) is 0 Å². The van der Waals surface area contributed by atoms with Crippen molar-refractivity contribution < 1.29 is 4.79 Å². The quantitative estimate of drug-likeness (QED) is 0.868. The van der Waals surface area contributed by atoms with Gasteiger partial charge >= 0.3 is 0 Å². The summed E-state index contributed by atoms with van der Waals surface area (Å²) in [6, 6.07) is 0.457. The van der Waals surface area contributed by atoms with Gasteiger partial charge in [-0.25, -0.2) is 0 Å². The molecule has 4 bridgehead atoms. The first-order valence-corrected chi connectivity index (χ1v) is 9.43. The molecule has 3 nitrogen and oxygen atoms in total. The molecule has 124 valence electrons. The standard InChI is InChI=1S/C19H32N2O/c1-18(2,21-6-4-5-7-21)17(22)20-16-14-8-13-9-15(16)12-19(3,10-13)11-14/h13-16H,4-12H2,1-3H3,(H,20,22). The Labute approximate surface area is 135 Å². The van der Waals surface area contributed by atoms with E-state index in [1.165, 1.54) is 44.9 Å². The van der Waals surface area contributed by atoms with Crippen molar-refractivity contribution in [3.8, 4) is 0 Å². The molecule has 5 rings (SSSR count). The molecular weight excluding hydrogens is 272 g/mol. The molecule has 0 aromatic rings. The predicted octanol–water partition coefficient (Wildman–Crippen LogP) is 3.19. The molecule has 22 heavy (non-hydrogen) atoms. The van der Waals surface area contributed by atoms with Crippen LogP contribution in [-0.4, -0.2) is 35.5 Å². The van der Waals surface area contributed by atoms with Crippen molar-refractivity contribution in [2.45, 2.75) is 77.3 Å². The number of likely N-dealkylation sites (tertiary alicyclic amines) is 1. The number of nitrogens with zero attached hydrogens (tertiary/aromatic N) is 1. The van der Waals surface area contributed by atoms with Crippen LogP contribution >= 0.6 is 0 Å². The second-order valence-corrected chi connectivity index (χ2v) is 9.53. The zero-order valence-electron chi connectivity index (χ0n) is 14.5. The Morgan fingerprint density at radius 3 is 2.23 bits per heavy atom. The van der Waals surface area contributed by atoms with Gasteiger partial charge in [0.15, 0.2) is 0 Å². The van der Waals surface area contributed by atoms with Crippen molar-refractivity contribution in [3.63, 3.8) is 0 Å². The second kappa shape index (κ2) is 4.96. The van der Waals surface area contributed by atoms with Crippen molar-refractivity contribution in [1.82, 2.24) is 10.2 Å². The first-order valence-electron chi connectivity index (χ1n) is 9.43. The summed E-state index contributed by atoms with van der Waals surface area (Å²) in [6.45, 7) is 8.89. The molecule has 1 N–H and O–H groups in total. The van der Waals surface area contributed by atoms with Crippen LogP contribution in [0.5, 0.6) is 0 Å². The van der Waals surface area contributed by atoms with E-state index < -0.39 is 0 Å². The largest absolute Gasteiger partial charge is 0.351 e. The van der Waals surface area contributed by atoms with Gasteiger partial charge in [0.05, 0.1) is 5.54 Å². The molecule has 5 fully saturated rings. The molecule has 4 aliphatic carbocycles. The van der Waals surface area contributed by atoms with Crippen molar-refractivity contribution in [3.05, 3.63) is 0 Å². The van der Waals surface area contributed by atoms with Crippen LogP contribution in [0.4, 0.5) is 0 Å². The molecule has 3 heteroatoms. The molecule has 0 aromatic carbocycles. The van der Waals surface area contributed by atoms with Gasteiger partial charge in [-0.15, -0.1) is 0 Å². The van der Waals surface area contributed by atoms with Gasteiger partial charge in [-0.05, 0) is 95.1 Å². The second-order valence-electron chi connectivity index (χ2n) is 9.53. The number of carbonyl (C=O) groups is 1. The smallest absolute Gasteiger partial charge is 0.240 e. The zero-order valence-corrected chi connectivity index (χ0v) is 14.5. The fraction of sp³-hybridized carbons (Fsp3) is 0.947. The van der Waals surface area contributed by atoms with E-state index in [-0.39, 0.29) is 11.4 Å². The Morgan fingerprint density at radius 1 is 1.09 bits per heavy atom. The number of rotatable bonds is 3. The molecule has 1 aliphatic heterocycles. The summed E-state index contributed by atoms with van der Waals surface area (Å²) in [4.78, 5) is 15.3. The third-order valence-corrected chi connectivity index (χ3v) is 7.33. The summed E-state index contributed by atoms with van der Waals surface area (Å²) in [5, 5.41) is 3.52. The summed E-state index contributed by atoms with van der Waals surface area (Å²) in [7, 11) is 0. The molecule has 1 saturated heterocycles. The van der Waals surface area contributed by atoms with Crippen molar-refractivity contribution in [1.29, 1.82) is 0 Å². The fourth-order valence-corrected chi connectivity index (χ4v) is 6.41. The molecule has 0 aromatic heterocycles. The van der Waals surface area contributed by atoms with Crippen LogP contribution in [0.3, 0.4) is 0 Å². The number of amides is 1. The molecular formula is C19H32N2O. The summed E-state index contributed by atoms with van der Waals surface area (Å²) in [6.07, 6.45) is 9.34. The van der Waals surface area contributed by atoms with E-state index in [9.17, 15) is 4.79 Å². The maximum atomic E-state index is 13.0. The Bertz CT molecular complexity index is 450. The van der Waals surface area contributed by atoms with Crippen molar-refractivity contribution in [2.24, 2.45) is 23.2 Å². The minimum absolute atomic E-state index is 0.275. The lowest BCUT2D eigenvalue weighted by Gasteiger charge is -2.59. The average molecular weight is 304 g/mol. The predicted molar refractivity (Wildman–Crippen MR) is 88.5 cm³/mol. The summed E-state index contributed by atoms with van der Waals surface area (Å²) >= 11 is 0. The van der Waals surface area contributed by atoms with Gasteiger partial charge in [0.2, 0.25) is 5.91 Å². The highest BCUT2D eigenvalue weighted by Gasteiger charge is 2.54. The van der Waals surface area contributed by atoms with Gasteiger partial charge in [0.1, 0.15) is 0 Å². The van der Waals surface area contributed by atoms with Crippen LogP contribution in [-0.2, 0) is 4.79 Å². The average Bonchev–Trinajstić information content (AvgIpc) is 2.95. The first kappa shape index (κ1) is 15.0. The van der Waals surface area contributed by atoms with E-state index in [0.717, 1.165) is 30.8 Å². The molecule has 1 amide bonds. The van der Waals surface area contributed by atoms with Gasteiger partial charge in [0.25, 0.3) is 0 Å². The summed E-state index contributed by atoms with van der Waals surface area (Å²) in [5.74, 6) is 2.71. The summed E-state index contributed by atoms with van der Waals surface area (Å²) in [5.41, 5.74) is 0.247. The van der Waals surface area contributed by atoms with Gasteiger partial charge in [0, 0.05) is 6.04 Å². The van der Waals surface area contributed by atoms with E-state index in [2.05, 4.69) is 31.0 Å². The van der Waals surface area contributed by atoms with Crippen LogP contribution < -0.4 is 5.32 Å². The number of hydrogen-bond donors (Lipinski definition) is 1. The molecule has 2 atom stereocenters. The van der Waals surface area contributed by atoms with E-state index in [1.54, 1.807) is 0 Å². The third-order valence-electron chi connectivity index (χ3n) is 7.33. The lowest BCUT2D eigenvalue weighted by Crippen LogP contribution is -2.63. The van der Waals surface area contributed by atoms with E-state index in [1.807, 2.05) is 0 Å². The SMILES string of the molecule is CC12CC3CC(C1)C(NC(=O)C(C)(C)N1CCCC1)C(C3)C2. The highest BCUT2D eigenvalue weighted by atomic mass is 16.2. The fourth-order valence-electron chi connectivity index (χ4n) is 6.41. The highest BCUT2D eigenvalue weighted by molar-refractivity contribution is 5.85. The van der Waals surface area contributed by atoms with E-state index >= 15 is 0 Å². The third kappa shape index (κ3) is 2.31. The molecule has 0 radical (unpaired) electrons. The summed E-state index contributed by atoms with van der Waals surface area (Å²) < 4.78 is 0. The van der Waals surface area contributed by atoms with Crippen LogP contribution in [0.1, 0.15) is 65.7 Å². The van der Waals surface area contributed by atoms with Crippen molar-refractivity contribution in [2.75, 3.05) is 13.1 Å². The normalized spacial score (nSPS) is 44.5. The molecule has 5 aliphatic rings. The maximum absolute atomic E-state index is 13.0. The lowest BCUT2D eigenvalue weighted by molar-refractivity contribution is -0.137. The zero-order chi connectivity index (χ0) is 15.5. The van der Waals surface area contributed by atoms with Gasteiger partial charge in [-0.2, -0.15) is 0 Å². The molecule has 4 saturated carbocycles. The lowest BCUT2D eigenvalue weighted by atomic mass is 9.48. The Balaban J connectivity index is 1.46. The minimum Gasteiger partial charge on any atom is -0.351 e. The van der Waals surface area contributed by atoms with Crippen LogP contribution in [0.15, 0.2) is 0 Å². The van der Waals surface area contributed by atoms with Gasteiger partial charge < -0.3 is 5.32 Å². The monoisotopic (exact) mass is 304 g/mol. The molecule has 2 unspecified atom stereocenters. The van der Waals surface area contributed by atoms with Crippen LogP contribution in [0.25, 0.3) is 0 Å².